The van der Waals surface area contributed by atoms with Crippen LogP contribution in [-0.2, 0) is 15.6 Å². The van der Waals surface area contributed by atoms with Crippen LogP contribution in [0.5, 0.6) is 0 Å². The van der Waals surface area contributed by atoms with Crippen LogP contribution in [0.25, 0.3) is 0 Å². The summed E-state index contributed by atoms with van der Waals surface area (Å²) < 4.78 is 26.0. The minimum atomic E-state index is -3.04. The van der Waals surface area contributed by atoms with Crippen molar-refractivity contribution in [3.8, 4) is 0 Å². The molecule has 2 rings (SSSR count). The Bertz CT molecular complexity index is 502. The highest BCUT2D eigenvalue weighted by Gasteiger charge is 2.25. The zero-order chi connectivity index (χ0) is 13.9. The molecule has 0 saturated carbocycles. The van der Waals surface area contributed by atoms with Gasteiger partial charge < -0.3 is 5.32 Å². The second-order valence-electron chi connectivity index (χ2n) is 5.34. The molecule has 1 fully saturated rings. The fourth-order valence-electron chi connectivity index (χ4n) is 2.43. The van der Waals surface area contributed by atoms with Crippen LogP contribution in [0.4, 0.5) is 0 Å². The van der Waals surface area contributed by atoms with Crippen molar-refractivity contribution in [2.75, 3.05) is 18.8 Å². The van der Waals surface area contributed by atoms with Crippen molar-refractivity contribution in [3.05, 3.63) is 18.0 Å². The molecule has 5 nitrogen and oxygen atoms in total. The van der Waals surface area contributed by atoms with E-state index in [0.717, 1.165) is 25.9 Å². The van der Waals surface area contributed by atoms with E-state index in [4.69, 9.17) is 0 Å². The van der Waals surface area contributed by atoms with Crippen molar-refractivity contribution in [2.24, 2.45) is 5.92 Å². The normalized spacial score (nSPS) is 16.8. The first-order valence-corrected chi connectivity index (χ1v) is 8.81. The minimum Gasteiger partial charge on any atom is -0.316 e. The Morgan fingerprint density at radius 1 is 1.42 bits per heavy atom. The number of sulfone groups is 1. The summed E-state index contributed by atoms with van der Waals surface area (Å²) in [6.45, 7) is 5.88. The van der Waals surface area contributed by atoms with Crippen molar-refractivity contribution in [1.82, 2.24) is 15.1 Å². The third-order valence-electron chi connectivity index (χ3n) is 3.70. The Morgan fingerprint density at radius 2 is 2.11 bits per heavy atom. The smallest absolute Gasteiger partial charge is 0.156 e. The molecule has 0 unspecified atom stereocenters. The topological polar surface area (TPSA) is 64.0 Å². The largest absolute Gasteiger partial charge is 0.316 e. The average molecular weight is 285 g/mol. The van der Waals surface area contributed by atoms with E-state index in [1.807, 2.05) is 16.9 Å². The first-order valence-electron chi connectivity index (χ1n) is 6.99. The molecule has 0 amide bonds. The lowest BCUT2D eigenvalue weighted by Crippen LogP contribution is -2.45. The van der Waals surface area contributed by atoms with Crippen LogP contribution >= 0.6 is 0 Å². The Hall–Kier alpha value is -0.880. The molecular weight excluding hydrogens is 262 g/mol. The van der Waals surface area contributed by atoms with Gasteiger partial charge in [-0.3, -0.25) is 4.68 Å². The van der Waals surface area contributed by atoms with E-state index in [2.05, 4.69) is 24.3 Å². The molecule has 0 radical (unpaired) electrons. The molecule has 0 bridgehead atoms. The molecule has 0 spiro atoms. The predicted molar refractivity (Wildman–Crippen MR) is 75.7 cm³/mol. The first kappa shape index (κ1) is 14.5. The zero-order valence-electron chi connectivity index (χ0n) is 11.7. The molecule has 1 N–H and O–H groups in total. The van der Waals surface area contributed by atoms with Crippen molar-refractivity contribution < 1.29 is 8.42 Å². The summed E-state index contributed by atoms with van der Waals surface area (Å²) >= 11 is 0. The number of aromatic nitrogens is 2. The van der Waals surface area contributed by atoms with Crippen molar-refractivity contribution in [2.45, 2.75) is 38.5 Å². The molecule has 0 atom stereocenters. The third-order valence-corrected chi connectivity index (χ3v) is 5.42. The van der Waals surface area contributed by atoms with Crippen LogP contribution in [0.3, 0.4) is 0 Å². The predicted octanol–water partition coefficient (Wildman–Crippen LogP) is 1.38. The summed E-state index contributed by atoms with van der Waals surface area (Å²) in [4.78, 5) is 0. The molecule has 1 aliphatic rings. The average Bonchev–Trinajstić information content (AvgIpc) is 2.73. The Balaban J connectivity index is 1.98. The van der Waals surface area contributed by atoms with Gasteiger partial charge in [0.05, 0.1) is 23.2 Å². The second-order valence-corrected chi connectivity index (χ2v) is 7.45. The maximum absolute atomic E-state index is 12.0. The van der Waals surface area contributed by atoms with Crippen LogP contribution in [0.15, 0.2) is 12.3 Å². The first-order chi connectivity index (χ1) is 9.04. The molecule has 1 saturated heterocycles. The SMILES string of the molecule is CCC(CC)n1ccc(CS(=O)(=O)CC2CNC2)n1. The van der Waals surface area contributed by atoms with E-state index in [1.165, 1.54) is 0 Å². The quantitative estimate of drug-likeness (QED) is 0.822. The van der Waals surface area contributed by atoms with Gasteiger partial charge in [0.1, 0.15) is 0 Å². The van der Waals surface area contributed by atoms with Crippen LogP contribution < -0.4 is 5.32 Å². The molecule has 6 heteroatoms. The lowest BCUT2D eigenvalue weighted by Gasteiger charge is -2.26. The van der Waals surface area contributed by atoms with Gasteiger partial charge in [-0.2, -0.15) is 5.10 Å². The standard InChI is InChI=1S/C13H23N3O2S/c1-3-13(4-2)16-6-5-12(15-16)10-19(17,18)9-11-7-14-8-11/h5-6,11,13-14H,3-4,7-10H2,1-2H3. The van der Waals surface area contributed by atoms with Gasteiger partial charge in [-0.1, -0.05) is 13.8 Å². The summed E-state index contributed by atoms with van der Waals surface area (Å²) in [7, 11) is -3.04. The lowest BCUT2D eigenvalue weighted by molar-refractivity contribution is 0.378. The third kappa shape index (κ3) is 3.79. The number of nitrogens with zero attached hydrogens (tertiary/aromatic N) is 2. The van der Waals surface area contributed by atoms with Gasteiger partial charge in [0.15, 0.2) is 9.84 Å². The van der Waals surface area contributed by atoms with E-state index in [0.29, 0.717) is 11.7 Å². The highest BCUT2D eigenvalue weighted by Crippen LogP contribution is 2.16. The van der Waals surface area contributed by atoms with E-state index in [1.54, 1.807) is 0 Å². The van der Waals surface area contributed by atoms with E-state index < -0.39 is 9.84 Å². The minimum absolute atomic E-state index is 0.0661. The van der Waals surface area contributed by atoms with Gasteiger partial charge in [-0.15, -0.1) is 0 Å². The number of nitrogens with one attached hydrogen (secondary N) is 1. The van der Waals surface area contributed by atoms with Gasteiger partial charge in [0.2, 0.25) is 0 Å². The van der Waals surface area contributed by atoms with Gasteiger partial charge in [0.25, 0.3) is 0 Å². The van der Waals surface area contributed by atoms with Gasteiger partial charge in [-0.25, -0.2) is 8.42 Å². The van der Waals surface area contributed by atoms with Crippen LogP contribution in [0.1, 0.15) is 38.4 Å². The van der Waals surface area contributed by atoms with E-state index in [-0.39, 0.29) is 17.4 Å². The van der Waals surface area contributed by atoms with Gasteiger partial charge in [-0.05, 0) is 24.8 Å². The second kappa shape index (κ2) is 6.05. The molecular formula is C13H23N3O2S. The summed E-state index contributed by atoms with van der Waals surface area (Å²) in [5.74, 6) is 0.625. The lowest BCUT2D eigenvalue weighted by atomic mass is 10.1. The number of rotatable bonds is 7. The van der Waals surface area contributed by atoms with Gasteiger partial charge >= 0.3 is 0 Å². The van der Waals surface area contributed by atoms with Gasteiger partial charge in [0, 0.05) is 19.3 Å². The maximum Gasteiger partial charge on any atom is 0.156 e. The van der Waals surface area contributed by atoms with Crippen molar-refractivity contribution >= 4 is 9.84 Å². The van der Waals surface area contributed by atoms with Crippen LogP contribution in [-0.4, -0.2) is 37.0 Å². The zero-order valence-corrected chi connectivity index (χ0v) is 12.5. The summed E-state index contributed by atoms with van der Waals surface area (Å²) in [6, 6.07) is 2.20. The Morgan fingerprint density at radius 3 is 2.63 bits per heavy atom. The fraction of sp³-hybridized carbons (Fsp3) is 0.769. The number of hydrogen-bond donors (Lipinski definition) is 1. The Kier molecular flexibility index (Phi) is 4.62. The summed E-state index contributed by atoms with van der Waals surface area (Å²) in [5, 5.41) is 7.51. The highest BCUT2D eigenvalue weighted by molar-refractivity contribution is 7.90. The number of hydrogen-bond acceptors (Lipinski definition) is 4. The highest BCUT2D eigenvalue weighted by atomic mass is 32.2. The monoisotopic (exact) mass is 285 g/mol. The fourth-order valence-corrected chi connectivity index (χ4v) is 4.11. The molecule has 1 aromatic heterocycles. The molecule has 0 aromatic carbocycles. The Labute approximate surface area is 115 Å². The molecule has 0 aliphatic carbocycles. The van der Waals surface area contributed by atoms with E-state index in [9.17, 15) is 8.42 Å². The van der Waals surface area contributed by atoms with E-state index >= 15 is 0 Å². The molecule has 19 heavy (non-hydrogen) atoms. The summed E-state index contributed by atoms with van der Waals surface area (Å²) in [6.07, 6.45) is 3.92. The summed E-state index contributed by atoms with van der Waals surface area (Å²) in [5.41, 5.74) is 0.666. The molecule has 2 heterocycles. The molecule has 108 valence electrons. The molecule has 1 aromatic rings. The van der Waals surface area contributed by atoms with Crippen molar-refractivity contribution in [3.63, 3.8) is 0 Å². The maximum atomic E-state index is 12.0. The van der Waals surface area contributed by atoms with Crippen molar-refractivity contribution in [1.29, 1.82) is 0 Å². The molecule has 1 aliphatic heterocycles. The van der Waals surface area contributed by atoms with Crippen LogP contribution in [0.2, 0.25) is 0 Å². The van der Waals surface area contributed by atoms with Crippen LogP contribution in [0, 0.1) is 5.92 Å².